The topological polar surface area (TPSA) is 29.1 Å². The lowest BCUT2D eigenvalue weighted by atomic mass is 10.0. The Morgan fingerprint density at radius 1 is 1.18 bits per heavy atom. The second-order valence-corrected chi connectivity index (χ2v) is 6.90. The zero-order valence-corrected chi connectivity index (χ0v) is 14.3. The van der Waals surface area contributed by atoms with Gasteiger partial charge >= 0.3 is 0 Å². The first-order valence-corrected chi connectivity index (χ1v) is 8.52. The van der Waals surface area contributed by atoms with Crippen LogP contribution in [0.3, 0.4) is 0 Å². The van der Waals surface area contributed by atoms with Crippen LogP contribution in [0, 0.1) is 12.8 Å². The molecule has 0 aliphatic heterocycles. The molecule has 1 amide bonds. The Balaban J connectivity index is 1.53. The first kappa shape index (κ1) is 15.3. The van der Waals surface area contributed by atoms with Crippen LogP contribution in [0.25, 0.3) is 0 Å². The molecule has 0 fully saturated rings. The highest BCUT2D eigenvalue weighted by molar-refractivity contribution is 9.10. The Hall–Kier alpha value is -1.61. The van der Waals surface area contributed by atoms with E-state index in [-0.39, 0.29) is 11.8 Å². The lowest BCUT2D eigenvalue weighted by Crippen LogP contribution is -2.32. The Morgan fingerprint density at radius 2 is 1.95 bits per heavy atom. The fourth-order valence-electron chi connectivity index (χ4n) is 3.13. The minimum Gasteiger partial charge on any atom is -0.356 e. The molecule has 22 heavy (non-hydrogen) atoms. The van der Waals surface area contributed by atoms with Crippen molar-refractivity contribution in [2.45, 2.75) is 26.2 Å². The predicted octanol–water partition coefficient (Wildman–Crippen LogP) is 3.83. The summed E-state index contributed by atoms with van der Waals surface area (Å²) < 4.78 is 1.09. The Morgan fingerprint density at radius 3 is 2.77 bits per heavy atom. The number of hydrogen-bond acceptors (Lipinski definition) is 1. The summed E-state index contributed by atoms with van der Waals surface area (Å²) in [5.74, 6) is 0.266. The summed E-state index contributed by atoms with van der Waals surface area (Å²) >= 11 is 3.50. The standard InChI is InChI=1S/C19H20BrNO/c1-13-4-2-3-5-14(13)8-9-21-19(22)17-10-15-6-7-18(20)12-16(15)11-17/h2-7,12,17H,8-11H2,1H3,(H,21,22). The number of nitrogens with one attached hydrogen (secondary N) is 1. The van der Waals surface area contributed by atoms with Gasteiger partial charge in [0.15, 0.2) is 0 Å². The van der Waals surface area contributed by atoms with Gasteiger partial charge in [0.05, 0.1) is 0 Å². The van der Waals surface area contributed by atoms with E-state index in [4.69, 9.17) is 0 Å². The summed E-state index contributed by atoms with van der Waals surface area (Å²) in [5.41, 5.74) is 5.20. The molecule has 3 heteroatoms. The van der Waals surface area contributed by atoms with Gasteiger partial charge in [-0.15, -0.1) is 0 Å². The fraction of sp³-hybridized carbons (Fsp3) is 0.316. The monoisotopic (exact) mass is 357 g/mol. The van der Waals surface area contributed by atoms with Gasteiger partial charge in [-0.1, -0.05) is 46.3 Å². The molecule has 0 radical (unpaired) electrons. The zero-order valence-electron chi connectivity index (χ0n) is 12.7. The summed E-state index contributed by atoms with van der Waals surface area (Å²) in [6, 6.07) is 14.7. The molecule has 0 saturated heterocycles. The van der Waals surface area contributed by atoms with Crippen LogP contribution in [0.5, 0.6) is 0 Å². The number of halogens is 1. The highest BCUT2D eigenvalue weighted by atomic mass is 79.9. The second kappa shape index (κ2) is 6.66. The molecule has 2 aromatic carbocycles. The van der Waals surface area contributed by atoms with Gasteiger partial charge in [-0.2, -0.15) is 0 Å². The predicted molar refractivity (Wildman–Crippen MR) is 92.9 cm³/mol. The van der Waals surface area contributed by atoms with Gasteiger partial charge in [-0.05, 0) is 60.6 Å². The lowest BCUT2D eigenvalue weighted by molar-refractivity contribution is -0.124. The van der Waals surface area contributed by atoms with Crippen LogP contribution in [0.2, 0.25) is 0 Å². The van der Waals surface area contributed by atoms with Crippen LogP contribution >= 0.6 is 15.9 Å². The van der Waals surface area contributed by atoms with E-state index in [1.807, 2.05) is 6.07 Å². The average molecular weight is 358 g/mol. The molecule has 1 N–H and O–H groups in total. The van der Waals surface area contributed by atoms with Crippen molar-refractivity contribution in [2.75, 3.05) is 6.54 Å². The molecule has 1 aliphatic carbocycles. The van der Waals surface area contributed by atoms with Crippen LogP contribution in [-0.2, 0) is 24.1 Å². The van der Waals surface area contributed by atoms with Gasteiger partial charge in [-0.3, -0.25) is 4.79 Å². The number of carbonyl (C=O) groups excluding carboxylic acids is 1. The van der Waals surface area contributed by atoms with Gasteiger partial charge in [0.1, 0.15) is 0 Å². The number of carbonyl (C=O) groups is 1. The van der Waals surface area contributed by atoms with Crippen molar-refractivity contribution >= 4 is 21.8 Å². The molecule has 1 aliphatic rings. The van der Waals surface area contributed by atoms with Gasteiger partial charge < -0.3 is 5.32 Å². The van der Waals surface area contributed by atoms with E-state index >= 15 is 0 Å². The molecule has 2 nitrogen and oxygen atoms in total. The summed E-state index contributed by atoms with van der Waals surface area (Å²) in [7, 11) is 0. The molecular formula is C19H20BrNO. The molecule has 0 aromatic heterocycles. The molecular weight excluding hydrogens is 338 g/mol. The number of aryl methyl sites for hydroxylation is 1. The quantitative estimate of drug-likeness (QED) is 0.884. The van der Waals surface area contributed by atoms with E-state index in [0.717, 1.165) is 23.7 Å². The molecule has 1 atom stereocenters. The molecule has 0 saturated carbocycles. The largest absolute Gasteiger partial charge is 0.356 e. The van der Waals surface area contributed by atoms with Crippen molar-refractivity contribution in [3.05, 3.63) is 69.2 Å². The molecule has 0 bridgehead atoms. The Bertz CT molecular complexity index is 696. The van der Waals surface area contributed by atoms with Crippen molar-refractivity contribution in [2.24, 2.45) is 5.92 Å². The molecule has 3 rings (SSSR count). The van der Waals surface area contributed by atoms with Crippen molar-refractivity contribution in [1.29, 1.82) is 0 Å². The first-order chi connectivity index (χ1) is 10.6. The zero-order chi connectivity index (χ0) is 15.5. The first-order valence-electron chi connectivity index (χ1n) is 7.73. The smallest absolute Gasteiger partial charge is 0.223 e. The summed E-state index contributed by atoms with van der Waals surface area (Å²) in [5, 5.41) is 3.10. The number of benzene rings is 2. The Labute approximate surface area is 140 Å². The third-order valence-electron chi connectivity index (χ3n) is 4.43. The van der Waals surface area contributed by atoms with E-state index in [2.05, 4.69) is 64.6 Å². The summed E-state index contributed by atoms with van der Waals surface area (Å²) in [6.07, 6.45) is 2.60. The molecule has 0 spiro atoms. The van der Waals surface area contributed by atoms with Crippen molar-refractivity contribution in [1.82, 2.24) is 5.32 Å². The summed E-state index contributed by atoms with van der Waals surface area (Å²) in [4.78, 5) is 12.4. The van der Waals surface area contributed by atoms with Gasteiger partial charge in [0.2, 0.25) is 5.91 Å². The van der Waals surface area contributed by atoms with Crippen molar-refractivity contribution in [3.63, 3.8) is 0 Å². The molecule has 1 unspecified atom stereocenters. The molecule has 114 valence electrons. The van der Waals surface area contributed by atoms with Crippen LogP contribution in [0.1, 0.15) is 22.3 Å². The van der Waals surface area contributed by atoms with Crippen LogP contribution in [-0.4, -0.2) is 12.5 Å². The van der Waals surface area contributed by atoms with Gasteiger partial charge in [0, 0.05) is 16.9 Å². The third kappa shape index (κ3) is 3.41. The summed E-state index contributed by atoms with van der Waals surface area (Å²) in [6.45, 7) is 2.82. The van der Waals surface area contributed by atoms with Crippen LogP contribution in [0.15, 0.2) is 46.9 Å². The van der Waals surface area contributed by atoms with Crippen LogP contribution in [0.4, 0.5) is 0 Å². The number of fused-ring (bicyclic) bond motifs is 1. The average Bonchev–Trinajstić information content (AvgIpc) is 2.92. The van der Waals surface area contributed by atoms with E-state index < -0.39 is 0 Å². The Kier molecular flexibility index (Phi) is 4.63. The second-order valence-electron chi connectivity index (χ2n) is 5.99. The maximum atomic E-state index is 12.4. The van der Waals surface area contributed by atoms with Crippen LogP contribution < -0.4 is 5.32 Å². The van der Waals surface area contributed by atoms with Gasteiger partial charge in [-0.25, -0.2) is 0 Å². The minimum absolute atomic E-state index is 0.0844. The highest BCUT2D eigenvalue weighted by Crippen LogP contribution is 2.29. The number of amides is 1. The number of hydrogen-bond donors (Lipinski definition) is 1. The molecule has 2 aromatic rings. The lowest BCUT2D eigenvalue weighted by Gasteiger charge is -2.11. The fourth-order valence-corrected chi connectivity index (χ4v) is 3.54. The molecule has 0 heterocycles. The third-order valence-corrected chi connectivity index (χ3v) is 4.92. The van der Waals surface area contributed by atoms with Crippen molar-refractivity contribution in [3.8, 4) is 0 Å². The van der Waals surface area contributed by atoms with Crippen molar-refractivity contribution < 1.29 is 4.79 Å². The van der Waals surface area contributed by atoms with E-state index in [9.17, 15) is 4.79 Å². The normalized spacial score (nSPS) is 16.4. The maximum absolute atomic E-state index is 12.4. The van der Waals surface area contributed by atoms with Gasteiger partial charge in [0.25, 0.3) is 0 Å². The van der Waals surface area contributed by atoms with E-state index in [0.29, 0.717) is 6.54 Å². The maximum Gasteiger partial charge on any atom is 0.223 e. The van der Waals surface area contributed by atoms with E-state index in [1.54, 1.807) is 0 Å². The number of rotatable bonds is 4. The minimum atomic E-state index is 0.0844. The van der Waals surface area contributed by atoms with E-state index in [1.165, 1.54) is 22.3 Å². The SMILES string of the molecule is Cc1ccccc1CCNC(=O)C1Cc2ccc(Br)cc2C1. The highest BCUT2D eigenvalue weighted by Gasteiger charge is 2.27.